The van der Waals surface area contributed by atoms with E-state index in [4.69, 9.17) is 9.47 Å². The zero-order chi connectivity index (χ0) is 16.9. The van der Waals surface area contributed by atoms with Crippen LogP contribution in [0.5, 0.6) is 11.5 Å². The molecule has 3 rings (SSSR count). The first-order chi connectivity index (χ1) is 11.7. The summed E-state index contributed by atoms with van der Waals surface area (Å²) in [5.74, 6) is 1.83. The average Bonchev–Trinajstić information content (AvgIpc) is 2.62. The predicted molar refractivity (Wildman–Crippen MR) is 93.4 cm³/mol. The summed E-state index contributed by atoms with van der Waals surface area (Å²) in [5.41, 5.74) is 2.09. The van der Waals surface area contributed by atoms with Crippen LogP contribution in [0.2, 0.25) is 0 Å². The predicted octanol–water partition coefficient (Wildman–Crippen LogP) is 3.61. The van der Waals surface area contributed by atoms with E-state index in [9.17, 15) is 4.79 Å². The number of likely N-dealkylation sites (N-methyl/N-ethyl adjacent to an activating group) is 1. The van der Waals surface area contributed by atoms with Gasteiger partial charge in [0.1, 0.15) is 11.5 Å². The fourth-order valence-corrected chi connectivity index (χ4v) is 3.07. The third-order valence-corrected chi connectivity index (χ3v) is 4.38. The van der Waals surface area contributed by atoms with E-state index in [1.165, 1.54) is 0 Å². The molecule has 0 aromatic heterocycles. The highest BCUT2D eigenvalue weighted by atomic mass is 16.5. The first-order valence-electron chi connectivity index (χ1n) is 8.38. The maximum absolute atomic E-state index is 12.7. The topological polar surface area (TPSA) is 38.8 Å². The average molecular weight is 325 g/mol. The molecule has 1 aliphatic heterocycles. The van der Waals surface area contributed by atoms with Crippen molar-refractivity contribution in [2.75, 3.05) is 20.3 Å². The lowest BCUT2D eigenvalue weighted by atomic mass is 9.98. The molecule has 0 fully saturated rings. The van der Waals surface area contributed by atoms with Crippen LogP contribution in [0.3, 0.4) is 0 Å². The summed E-state index contributed by atoms with van der Waals surface area (Å²) >= 11 is 0. The van der Waals surface area contributed by atoms with Crippen molar-refractivity contribution in [3.63, 3.8) is 0 Å². The van der Waals surface area contributed by atoms with Crippen LogP contribution < -0.4 is 9.47 Å². The summed E-state index contributed by atoms with van der Waals surface area (Å²) in [6, 6.07) is 15.8. The molecule has 1 aliphatic rings. The van der Waals surface area contributed by atoms with E-state index >= 15 is 0 Å². The molecule has 0 saturated carbocycles. The zero-order valence-corrected chi connectivity index (χ0v) is 14.2. The monoisotopic (exact) mass is 325 g/mol. The molecular weight excluding hydrogens is 302 g/mol. The van der Waals surface area contributed by atoms with Gasteiger partial charge in [-0.1, -0.05) is 30.3 Å². The van der Waals surface area contributed by atoms with Gasteiger partial charge in [0.05, 0.1) is 25.7 Å². The number of fused-ring (bicyclic) bond motifs is 1. The van der Waals surface area contributed by atoms with Crippen LogP contribution in [-0.2, 0) is 11.2 Å². The fraction of sp³-hybridized carbons (Fsp3) is 0.350. The van der Waals surface area contributed by atoms with Gasteiger partial charge in [-0.3, -0.25) is 4.79 Å². The van der Waals surface area contributed by atoms with Crippen LogP contribution in [0.4, 0.5) is 0 Å². The number of rotatable bonds is 5. The van der Waals surface area contributed by atoms with Gasteiger partial charge in [0.25, 0.3) is 0 Å². The van der Waals surface area contributed by atoms with E-state index in [1.54, 1.807) is 0 Å². The van der Waals surface area contributed by atoms with Crippen LogP contribution in [0.1, 0.15) is 30.5 Å². The number of hydrogen-bond acceptors (Lipinski definition) is 3. The van der Waals surface area contributed by atoms with Crippen molar-refractivity contribution in [3.8, 4) is 11.5 Å². The molecule has 4 nitrogen and oxygen atoms in total. The number of benzene rings is 2. The first-order valence-corrected chi connectivity index (χ1v) is 8.38. The molecule has 1 amide bonds. The Kier molecular flexibility index (Phi) is 5.04. The van der Waals surface area contributed by atoms with Crippen LogP contribution >= 0.6 is 0 Å². The molecule has 0 bridgehead atoms. The Labute approximate surface area is 143 Å². The lowest BCUT2D eigenvalue weighted by Gasteiger charge is -2.33. The van der Waals surface area contributed by atoms with Gasteiger partial charge in [-0.05, 0) is 30.7 Å². The third kappa shape index (κ3) is 3.53. The summed E-state index contributed by atoms with van der Waals surface area (Å²) in [6.07, 6.45) is 1.21. The molecule has 0 aliphatic carbocycles. The van der Waals surface area contributed by atoms with Crippen molar-refractivity contribution in [1.82, 2.24) is 4.90 Å². The molecule has 2 aromatic rings. The van der Waals surface area contributed by atoms with Gasteiger partial charge in [-0.25, -0.2) is 0 Å². The van der Waals surface area contributed by atoms with Gasteiger partial charge in [0.15, 0.2) is 0 Å². The third-order valence-electron chi connectivity index (χ3n) is 4.38. The van der Waals surface area contributed by atoms with Crippen molar-refractivity contribution in [2.45, 2.75) is 25.8 Å². The van der Waals surface area contributed by atoms with E-state index < -0.39 is 0 Å². The number of hydrogen-bond donors (Lipinski definition) is 0. The van der Waals surface area contributed by atoms with E-state index in [-0.39, 0.29) is 11.9 Å². The van der Waals surface area contributed by atoms with Crippen molar-refractivity contribution < 1.29 is 14.3 Å². The lowest BCUT2D eigenvalue weighted by Crippen LogP contribution is -2.35. The van der Waals surface area contributed by atoms with E-state index in [1.807, 2.05) is 67.4 Å². The minimum Gasteiger partial charge on any atom is -0.494 e. The largest absolute Gasteiger partial charge is 0.494 e. The van der Waals surface area contributed by atoms with Crippen LogP contribution in [0, 0.1) is 0 Å². The second-order valence-corrected chi connectivity index (χ2v) is 5.95. The normalized spacial score (nSPS) is 16.0. The highest BCUT2D eigenvalue weighted by molar-refractivity contribution is 5.79. The lowest BCUT2D eigenvalue weighted by molar-refractivity contribution is -0.131. The summed E-state index contributed by atoms with van der Waals surface area (Å²) in [4.78, 5) is 14.5. The molecule has 2 aromatic carbocycles. The summed E-state index contributed by atoms with van der Waals surface area (Å²) in [7, 11) is 1.88. The highest BCUT2D eigenvalue weighted by Gasteiger charge is 2.27. The van der Waals surface area contributed by atoms with Gasteiger partial charge >= 0.3 is 0 Å². The minimum absolute atomic E-state index is 0.0742. The molecule has 126 valence electrons. The Bertz CT molecular complexity index is 696. The molecule has 1 atom stereocenters. The summed E-state index contributed by atoms with van der Waals surface area (Å²) < 4.78 is 11.1. The Hall–Kier alpha value is -2.49. The van der Waals surface area contributed by atoms with Crippen molar-refractivity contribution in [1.29, 1.82) is 0 Å². The maximum atomic E-state index is 12.7. The molecule has 1 heterocycles. The zero-order valence-electron chi connectivity index (χ0n) is 14.2. The molecule has 4 heteroatoms. The smallest absolute Gasteiger partial charge is 0.227 e. The molecule has 1 unspecified atom stereocenters. The van der Waals surface area contributed by atoms with E-state index in [0.717, 1.165) is 29.0 Å². The number of carbonyl (C=O) groups excluding carboxylic acids is 1. The molecule has 24 heavy (non-hydrogen) atoms. The van der Waals surface area contributed by atoms with Gasteiger partial charge in [-0.15, -0.1) is 0 Å². The van der Waals surface area contributed by atoms with E-state index in [0.29, 0.717) is 19.6 Å². The van der Waals surface area contributed by atoms with E-state index in [2.05, 4.69) is 0 Å². The van der Waals surface area contributed by atoms with Crippen LogP contribution in [-0.4, -0.2) is 31.1 Å². The minimum atomic E-state index is 0.0742. The number of amides is 1. The SMILES string of the molecule is CCOc1ccc(CC(=O)N(C)C2CCOc3ccccc32)cc1. The maximum Gasteiger partial charge on any atom is 0.227 e. The second-order valence-electron chi connectivity index (χ2n) is 5.95. The molecular formula is C20H23NO3. The van der Waals surface area contributed by atoms with Crippen molar-refractivity contribution >= 4 is 5.91 Å². The first kappa shape index (κ1) is 16.4. The molecule has 0 saturated heterocycles. The molecule has 0 radical (unpaired) electrons. The quantitative estimate of drug-likeness (QED) is 0.843. The van der Waals surface area contributed by atoms with Crippen molar-refractivity contribution in [3.05, 3.63) is 59.7 Å². The standard InChI is InChI=1S/C20H23NO3/c1-3-23-16-10-8-15(9-11-16)14-20(22)21(2)18-12-13-24-19-7-5-4-6-17(18)19/h4-11,18H,3,12-14H2,1-2H3. The number of carbonyl (C=O) groups is 1. The molecule has 0 spiro atoms. The summed E-state index contributed by atoms with van der Waals surface area (Å²) in [6.45, 7) is 3.24. The van der Waals surface area contributed by atoms with Crippen LogP contribution in [0.15, 0.2) is 48.5 Å². The Balaban J connectivity index is 1.69. The Morgan fingerprint density at radius 2 is 1.96 bits per heavy atom. The number of ether oxygens (including phenoxy) is 2. The highest BCUT2D eigenvalue weighted by Crippen LogP contribution is 2.35. The fourth-order valence-electron chi connectivity index (χ4n) is 3.07. The van der Waals surface area contributed by atoms with Gasteiger partial charge in [-0.2, -0.15) is 0 Å². The Morgan fingerprint density at radius 1 is 1.21 bits per heavy atom. The molecule has 0 N–H and O–H groups in total. The summed E-state index contributed by atoms with van der Waals surface area (Å²) in [5, 5.41) is 0. The van der Waals surface area contributed by atoms with Gasteiger partial charge in [0, 0.05) is 19.0 Å². The number of nitrogens with zero attached hydrogens (tertiary/aromatic N) is 1. The number of para-hydroxylation sites is 1. The van der Waals surface area contributed by atoms with Gasteiger partial charge in [0.2, 0.25) is 5.91 Å². The second kappa shape index (κ2) is 7.39. The van der Waals surface area contributed by atoms with Crippen LogP contribution in [0.25, 0.3) is 0 Å². The Morgan fingerprint density at radius 3 is 2.71 bits per heavy atom. The van der Waals surface area contributed by atoms with Crippen molar-refractivity contribution in [2.24, 2.45) is 0 Å². The van der Waals surface area contributed by atoms with Gasteiger partial charge < -0.3 is 14.4 Å².